The first-order valence-corrected chi connectivity index (χ1v) is 7.77. The Morgan fingerprint density at radius 2 is 2.00 bits per heavy atom. The first-order valence-electron chi connectivity index (χ1n) is 7.77. The fraction of sp³-hybridized carbons (Fsp3) is 0.167. The number of ether oxygens (including phenoxy) is 1. The van der Waals surface area contributed by atoms with Crippen molar-refractivity contribution in [2.24, 2.45) is 0 Å². The average molecular weight is 338 g/mol. The minimum atomic E-state index is -0.370. The molecular weight excluding hydrogens is 320 g/mol. The molecule has 0 aliphatic carbocycles. The number of nitrogens with zero attached hydrogens (tertiary/aromatic N) is 2. The molecule has 25 heavy (non-hydrogen) atoms. The van der Waals surface area contributed by atoms with Gasteiger partial charge in [-0.1, -0.05) is 18.2 Å². The van der Waals surface area contributed by atoms with E-state index in [1.165, 1.54) is 0 Å². The van der Waals surface area contributed by atoms with Crippen molar-refractivity contribution in [1.82, 2.24) is 15.3 Å². The zero-order valence-electron chi connectivity index (χ0n) is 13.9. The SMILES string of the molecule is Cc1nc(CNC(=O)Nc2ccnc(Oc3ccccc3)c2)oc1C. The molecule has 0 aliphatic heterocycles. The molecule has 1 aromatic carbocycles. The van der Waals surface area contributed by atoms with Crippen molar-refractivity contribution in [2.45, 2.75) is 20.4 Å². The molecule has 0 saturated carbocycles. The van der Waals surface area contributed by atoms with Gasteiger partial charge in [0.05, 0.1) is 12.2 Å². The Morgan fingerprint density at radius 1 is 1.20 bits per heavy atom. The van der Waals surface area contributed by atoms with E-state index in [2.05, 4.69) is 20.6 Å². The summed E-state index contributed by atoms with van der Waals surface area (Å²) in [4.78, 5) is 20.3. The second-order valence-electron chi connectivity index (χ2n) is 5.35. The third-order valence-electron chi connectivity index (χ3n) is 3.43. The number of aryl methyl sites for hydroxylation is 2. The number of nitrogens with one attached hydrogen (secondary N) is 2. The molecule has 7 nitrogen and oxygen atoms in total. The van der Waals surface area contributed by atoms with Crippen molar-refractivity contribution < 1.29 is 13.9 Å². The summed E-state index contributed by atoms with van der Waals surface area (Å²) in [6.45, 7) is 3.89. The minimum Gasteiger partial charge on any atom is -0.444 e. The van der Waals surface area contributed by atoms with Gasteiger partial charge in [-0.15, -0.1) is 0 Å². The van der Waals surface area contributed by atoms with Gasteiger partial charge in [0, 0.05) is 18.0 Å². The van der Waals surface area contributed by atoms with Gasteiger partial charge in [0.25, 0.3) is 0 Å². The van der Waals surface area contributed by atoms with E-state index >= 15 is 0 Å². The second-order valence-corrected chi connectivity index (χ2v) is 5.35. The second kappa shape index (κ2) is 7.48. The van der Waals surface area contributed by atoms with E-state index in [1.807, 2.05) is 44.2 Å². The average Bonchev–Trinajstić information content (AvgIpc) is 2.92. The van der Waals surface area contributed by atoms with Crippen LogP contribution in [0.1, 0.15) is 17.3 Å². The number of carbonyl (C=O) groups excluding carboxylic acids is 1. The number of amides is 2. The molecule has 0 aliphatic rings. The molecule has 2 N–H and O–H groups in total. The Balaban J connectivity index is 1.57. The van der Waals surface area contributed by atoms with Gasteiger partial charge in [-0.2, -0.15) is 0 Å². The lowest BCUT2D eigenvalue weighted by molar-refractivity contribution is 0.250. The molecule has 0 bridgehead atoms. The van der Waals surface area contributed by atoms with Crippen LogP contribution in [0.15, 0.2) is 53.1 Å². The number of carbonyl (C=O) groups is 1. The van der Waals surface area contributed by atoms with Crippen LogP contribution in [0.4, 0.5) is 10.5 Å². The van der Waals surface area contributed by atoms with Crippen molar-refractivity contribution >= 4 is 11.7 Å². The Hall–Kier alpha value is -3.35. The Bertz CT molecular complexity index is 842. The molecule has 0 spiro atoms. The van der Waals surface area contributed by atoms with E-state index in [4.69, 9.17) is 9.15 Å². The van der Waals surface area contributed by atoms with Gasteiger partial charge in [0.2, 0.25) is 11.8 Å². The fourth-order valence-corrected chi connectivity index (χ4v) is 2.10. The number of hydrogen-bond donors (Lipinski definition) is 2. The summed E-state index contributed by atoms with van der Waals surface area (Å²) >= 11 is 0. The van der Waals surface area contributed by atoms with Crippen LogP contribution in [-0.2, 0) is 6.54 Å². The van der Waals surface area contributed by atoms with Crippen LogP contribution in [0.5, 0.6) is 11.6 Å². The number of urea groups is 1. The van der Waals surface area contributed by atoms with Crippen molar-refractivity contribution in [3.05, 3.63) is 66.0 Å². The standard InChI is InChI=1S/C18H18N4O3/c1-12-13(2)24-17(21-12)11-20-18(23)22-14-8-9-19-16(10-14)25-15-6-4-3-5-7-15/h3-10H,11H2,1-2H3,(H2,19,20,22,23). The first kappa shape index (κ1) is 16.5. The monoisotopic (exact) mass is 338 g/mol. The number of benzene rings is 1. The molecule has 128 valence electrons. The van der Waals surface area contributed by atoms with E-state index in [-0.39, 0.29) is 12.6 Å². The number of pyridine rings is 1. The highest BCUT2D eigenvalue weighted by atomic mass is 16.5. The number of hydrogen-bond acceptors (Lipinski definition) is 5. The summed E-state index contributed by atoms with van der Waals surface area (Å²) in [5, 5.41) is 5.41. The van der Waals surface area contributed by atoms with Crippen LogP contribution < -0.4 is 15.4 Å². The summed E-state index contributed by atoms with van der Waals surface area (Å²) in [6.07, 6.45) is 1.56. The summed E-state index contributed by atoms with van der Waals surface area (Å²) in [5.41, 5.74) is 1.38. The quantitative estimate of drug-likeness (QED) is 0.738. The maximum Gasteiger partial charge on any atom is 0.319 e. The Kier molecular flexibility index (Phi) is 4.94. The minimum absolute atomic E-state index is 0.207. The van der Waals surface area contributed by atoms with Crippen LogP contribution in [0.3, 0.4) is 0 Å². The van der Waals surface area contributed by atoms with Gasteiger partial charge in [0.1, 0.15) is 11.5 Å². The van der Waals surface area contributed by atoms with Crippen LogP contribution >= 0.6 is 0 Å². The number of aromatic nitrogens is 2. The Labute approximate surface area is 145 Å². The largest absolute Gasteiger partial charge is 0.444 e. The lowest BCUT2D eigenvalue weighted by atomic mass is 10.3. The molecule has 2 heterocycles. The molecule has 0 saturated heterocycles. The highest BCUT2D eigenvalue weighted by Crippen LogP contribution is 2.21. The van der Waals surface area contributed by atoms with Crippen molar-refractivity contribution in [1.29, 1.82) is 0 Å². The third kappa shape index (κ3) is 4.57. The van der Waals surface area contributed by atoms with Crippen LogP contribution in [0, 0.1) is 13.8 Å². The van der Waals surface area contributed by atoms with Gasteiger partial charge >= 0.3 is 6.03 Å². The van der Waals surface area contributed by atoms with Crippen molar-refractivity contribution in [2.75, 3.05) is 5.32 Å². The van der Waals surface area contributed by atoms with E-state index in [0.717, 1.165) is 11.5 Å². The number of rotatable bonds is 5. The zero-order chi connectivity index (χ0) is 17.6. The highest BCUT2D eigenvalue weighted by Gasteiger charge is 2.08. The van der Waals surface area contributed by atoms with E-state index in [0.29, 0.717) is 23.2 Å². The number of oxazole rings is 1. The highest BCUT2D eigenvalue weighted by molar-refractivity contribution is 5.89. The normalized spacial score (nSPS) is 10.3. The summed E-state index contributed by atoms with van der Waals surface area (Å²) < 4.78 is 11.1. The molecule has 0 unspecified atom stereocenters. The lowest BCUT2D eigenvalue weighted by Gasteiger charge is -2.08. The number of anilines is 1. The fourth-order valence-electron chi connectivity index (χ4n) is 2.10. The zero-order valence-corrected chi connectivity index (χ0v) is 13.9. The Morgan fingerprint density at radius 3 is 2.72 bits per heavy atom. The smallest absolute Gasteiger partial charge is 0.319 e. The topological polar surface area (TPSA) is 89.3 Å². The van der Waals surface area contributed by atoms with Crippen LogP contribution in [0.2, 0.25) is 0 Å². The van der Waals surface area contributed by atoms with Gasteiger partial charge in [-0.25, -0.2) is 14.8 Å². The molecular formula is C18H18N4O3. The van der Waals surface area contributed by atoms with E-state index in [9.17, 15) is 4.79 Å². The predicted molar refractivity (Wildman–Crippen MR) is 92.6 cm³/mol. The van der Waals surface area contributed by atoms with E-state index < -0.39 is 0 Å². The molecule has 3 aromatic rings. The molecule has 0 atom stereocenters. The van der Waals surface area contributed by atoms with Crippen molar-refractivity contribution in [3.8, 4) is 11.6 Å². The molecule has 2 aromatic heterocycles. The summed E-state index contributed by atoms with van der Waals surface area (Å²) in [7, 11) is 0. The van der Waals surface area contributed by atoms with E-state index in [1.54, 1.807) is 18.3 Å². The molecule has 0 fully saturated rings. The molecule has 2 amide bonds. The van der Waals surface area contributed by atoms with Gasteiger partial charge < -0.3 is 19.8 Å². The van der Waals surface area contributed by atoms with Crippen molar-refractivity contribution in [3.63, 3.8) is 0 Å². The molecule has 7 heteroatoms. The maximum atomic E-state index is 12.0. The lowest BCUT2D eigenvalue weighted by Crippen LogP contribution is -2.28. The molecule has 3 rings (SSSR count). The van der Waals surface area contributed by atoms with Gasteiger partial charge in [0.15, 0.2) is 0 Å². The summed E-state index contributed by atoms with van der Waals surface area (Å²) in [5.74, 6) is 2.27. The third-order valence-corrected chi connectivity index (χ3v) is 3.43. The first-order chi connectivity index (χ1) is 12.1. The predicted octanol–water partition coefficient (Wildman–Crippen LogP) is 3.80. The van der Waals surface area contributed by atoms with Gasteiger partial charge in [-0.3, -0.25) is 0 Å². The van der Waals surface area contributed by atoms with Crippen LogP contribution in [0.25, 0.3) is 0 Å². The van der Waals surface area contributed by atoms with Crippen LogP contribution in [-0.4, -0.2) is 16.0 Å². The van der Waals surface area contributed by atoms with Gasteiger partial charge in [-0.05, 0) is 32.0 Å². The summed E-state index contributed by atoms with van der Waals surface area (Å²) in [6, 6.07) is 12.3. The molecule has 0 radical (unpaired) electrons. The maximum absolute atomic E-state index is 12.0. The number of para-hydroxylation sites is 1.